The van der Waals surface area contributed by atoms with E-state index in [9.17, 15) is 4.46 Å². The van der Waals surface area contributed by atoms with Crippen molar-refractivity contribution in [3.63, 3.8) is 0 Å². The summed E-state index contributed by atoms with van der Waals surface area (Å²) in [6.45, 7) is 0. The second-order valence-corrected chi connectivity index (χ2v) is 1.67. The molecule has 17 valence electrons. The molecule has 0 aliphatic carbocycles. The van der Waals surface area contributed by atoms with Crippen molar-refractivity contribution in [3.8, 4) is 0 Å². The fraction of sp³-hybridized carbons (Fsp3) is 0. The SMILES string of the molecule is [Li][Si]([NH])=O. The van der Waals surface area contributed by atoms with Crippen molar-refractivity contribution < 1.29 is 4.46 Å². The van der Waals surface area contributed by atoms with Crippen LogP contribution in [0.1, 0.15) is 0 Å². The van der Waals surface area contributed by atoms with Crippen LogP contribution >= 0.6 is 0 Å². The van der Waals surface area contributed by atoms with Crippen LogP contribution in [-0.2, 0) is 4.46 Å². The van der Waals surface area contributed by atoms with Gasteiger partial charge in [0.15, 0.2) is 0 Å². The molecule has 0 saturated heterocycles. The summed E-state index contributed by atoms with van der Waals surface area (Å²) in [5.74, 6) is 0. The van der Waals surface area contributed by atoms with Crippen molar-refractivity contribution in [2.24, 2.45) is 0 Å². The second-order valence-electron chi connectivity index (χ2n) is 0.556. The summed E-state index contributed by atoms with van der Waals surface area (Å²) in [4.78, 5) is 0. The van der Waals surface area contributed by atoms with E-state index >= 15 is 0 Å². The first-order valence-electron chi connectivity index (χ1n) is 0.954. The molecule has 1 radical (unpaired) electrons. The van der Waals surface area contributed by atoms with Crippen LogP contribution < -0.4 is 5.40 Å². The molecule has 0 aliphatic rings. The Hall–Kier alpha value is 0.414. The van der Waals surface area contributed by atoms with Crippen molar-refractivity contribution >= 4 is 24.2 Å². The van der Waals surface area contributed by atoms with Gasteiger partial charge < -0.3 is 0 Å². The van der Waals surface area contributed by atoms with Gasteiger partial charge in [-0.25, -0.2) is 0 Å². The third-order valence-corrected chi connectivity index (χ3v) is 0. The van der Waals surface area contributed by atoms with Gasteiger partial charge in [-0.15, -0.1) is 0 Å². The van der Waals surface area contributed by atoms with E-state index in [1.807, 2.05) is 0 Å². The van der Waals surface area contributed by atoms with Gasteiger partial charge >= 0.3 is 34.1 Å². The van der Waals surface area contributed by atoms with Crippen molar-refractivity contribution in [2.75, 3.05) is 0 Å². The minimum atomic E-state index is -1.88. The molecule has 2 nitrogen and oxygen atoms in total. The molecule has 4 heavy (non-hydrogen) atoms. The van der Waals surface area contributed by atoms with Gasteiger partial charge in [-0.1, -0.05) is 0 Å². The summed E-state index contributed by atoms with van der Waals surface area (Å²) in [5, 5.41) is 6.13. The molecule has 0 rings (SSSR count). The van der Waals surface area contributed by atoms with E-state index in [1.165, 1.54) is 17.0 Å². The van der Waals surface area contributed by atoms with Gasteiger partial charge in [0.05, 0.1) is 0 Å². The average Bonchev–Trinajstić information content (AvgIpc) is 0.811. The van der Waals surface area contributed by atoms with Gasteiger partial charge in [0.25, 0.3) is 0 Å². The Balaban J connectivity index is 2.80. The maximum absolute atomic E-state index is 9.30. The molecular formula is HLiNOSi. The van der Waals surface area contributed by atoms with Gasteiger partial charge in [-0.05, 0) is 0 Å². The van der Waals surface area contributed by atoms with Gasteiger partial charge in [0, 0.05) is 0 Å². The third-order valence-electron chi connectivity index (χ3n) is 0. The molecule has 1 N–H and O–H groups in total. The number of rotatable bonds is 0. The zero-order valence-corrected chi connectivity index (χ0v) is 3.41. The first-order chi connectivity index (χ1) is 1.73. The van der Waals surface area contributed by atoms with Crippen molar-refractivity contribution in [3.05, 3.63) is 0 Å². The Morgan fingerprint density at radius 1 is 2.00 bits per heavy atom. The molecule has 0 saturated carbocycles. The van der Waals surface area contributed by atoms with Crippen LogP contribution in [0.25, 0.3) is 0 Å². The number of nitrogens with one attached hydrogen (secondary N) is 1. The standard InChI is InChI=1S/Li.HNOSi/c;1-3-2/h;1H. The molecule has 0 aliphatic heterocycles. The van der Waals surface area contributed by atoms with E-state index in [0.717, 1.165) is 0 Å². The van der Waals surface area contributed by atoms with Crippen molar-refractivity contribution in [1.29, 1.82) is 0 Å². The summed E-state index contributed by atoms with van der Waals surface area (Å²) in [6, 6.07) is 0. The first kappa shape index (κ1) is 4.41. The van der Waals surface area contributed by atoms with Gasteiger partial charge in [0.2, 0.25) is 0 Å². The molecule has 0 amide bonds. The fourth-order valence-electron chi connectivity index (χ4n) is 0. The van der Waals surface area contributed by atoms with Gasteiger partial charge in [-0.2, -0.15) is 0 Å². The predicted molar refractivity (Wildman–Crippen MR) is 15.3 cm³/mol. The summed E-state index contributed by atoms with van der Waals surface area (Å²) in [6.07, 6.45) is 0. The quantitative estimate of drug-likeness (QED) is 0.329. The normalized spacial score (nSPS) is 6.50. The van der Waals surface area contributed by atoms with Gasteiger partial charge in [-0.3, -0.25) is 0 Å². The first-order valence-corrected chi connectivity index (χ1v) is 2.86. The topological polar surface area (TPSA) is 40.9 Å². The molecule has 0 heterocycles. The number of hydrogen-bond acceptors (Lipinski definition) is 1. The molecule has 0 spiro atoms. The van der Waals surface area contributed by atoms with E-state index in [4.69, 9.17) is 5.40 Å². The zero-order valence-electron chi connectivity index (χ0n) is 2.41. The summed E-state index contributed by atoms with van der Waals surface area (Å²) >= 11 is 1.38. The molecule has 0 aromatic heterocycles. The van der Waals surface area contributed by atoms with E-state index < -0.39 is 7.17 Å². The Morgan fingerprint density at radius 2 is 2.00 bits per heavy atom. The molecule has 0 unspecified atom stereocenters. The van der Waals surface area contributed by atoms with E-state index in [1.54, 1.807) is 0 Å². The molecule has 4 heteroatoms. The van der Waals surface area contributed by atoms with Crippen LogP contribution in [-0.4, -0.2) is 24.2 Å². The van der Waals surface area contributed by atoms with Crippen LogP contribution in [0.5, 0.6) is 0 Å². The summed E-state index contributed by atoms with van der Waals surface area (Å²) < 4.78 is 9.30. The van der Waals surface area contributed by atoms with Crippen LogP contribution in [0.15, 0.2) is 0 Å². The second kappa shape index (κ2) is 1.71. The van der Waals surface area contributed by atoms with Crippen LogP contribution in [0.2, 0.25) is 0 Å². The van der Waals surface area contributed by atoms with Gasteiger partial charge in [0.1, 0.15) is 0 Å². The molecule has 0 aromatic rings. The average molecular weight is 66.0 g/mol. The Bertz CT molecular complexity index is 31.0. The Labute approximate surface area is 34.7 Å². The van der Waals surface area contributed by atoms with Crippen molar-refractivity contribution in [2.45, 2.75) is 0 Å². The van der Waals surface area contributed by atoms with Crippen LogP contribution in [0.3, 0.4) is 0 Å². The molecule has 0 bridgehead atoms. The maximum atomic E-state index is 9.30. The Morgan fingerprint density at radius 3 is 2.00 bits per heavy atom. The monoisotopic (exact) mass is 66.0 g/mol. The predicted octanol–water partition coefficient (Wildman–Crippen LogP) is -1.15. The molecule has 0 aromatic carbocycles. The van der Waals surface area contributed by atoms with E-state index in [-0.39, 0.29) is 0 Å². The van der Waals surface area contributed by atoms with Crippen LogP contribution in [0, 0.1) is 0 Å². The van der Waals surface area contributed by atoms with E-state index in [0.29, 0.717) is 0 Å². The summed E-state index contributed by atoms with van der Waals surface area (Å²) in [7, 11) is -1.88. The molecule has 0 fully saturated rings. The zero-order chi connectivity index (χ0) is 3.58. The summed E-state index contributed by atoms with van der Waals surface area (Å²) in [5.41, 5.74) is 0. The molecular weight excluding hydrogens is 65.0 g/mol. The van der Waals surface area contributed by atoms with Crippen molar-refractivity contribution in [1.82, 2.24) is 5.40 Å². The van der Waals surface area contributed by atoms with E-state index in [2.05, 4.69) is 0 Å². The third kappa shape index (κ3) is 28.1. The number of hydrogen-bond donors (Lipinski definition) is 0. The minimum absolute atomic E-state index is 1.38. The Kier molecular flexibility index (Phi) is 1.88. The molecule has 0 atom stereocenters. The fourth-order valence-corrected chi connectivity index (χ4v) is 0. The van der Waals surface area contributed by atoms with Crippen LogP contribution in [0.4, 0.5) is 0 Å².